The van der Waals surface area contributed by atoms with Crippen LogP contribution in [0.5, 0.6) is 0 Å². The van der Waals surface area contributed by atoms with Gasteiger partial charge in [0.05, 0.1) is 24.9 Å². The van der Waals surface area contributed by atoms with Crippen molar-refractivity contribution in [2.75, 3.05) is 25.5 Å². The van der Waals surface area contributed by atoms with Crippen LogP contribution in [0.1, 0.15) is 56.4 Å². The molecule has 4 rings (SSSR count). The van der Waals surface area contributed by atoms with Crippen LogP contribution in [0.3, 0.4) is 0 Å². The van der Waals surface area contributed by atoms with Crippen LogP contribution in [-0.4, -0.2) is 44.7 Å². The molecular weight excluding hydrogens is 392 g/mol. The fourth-order valence-electron chi connectivity index (χ4n) is 4.55. The molecule has 0 radical (unpaired) electrons. The monoisotopic (exact) mass is 424 g/mol. The smallest absolute Gasteiger partial charge is 0.136 e. The number of rotatable bonds is 8. The van der Waals surface area contributed by atoms with E-state index in [4.69, 9.17) is 16.2 Å². The highest BCUT2D eigenvalue weighted by Crippen LogP contribution is 2.45. The fraction of sp³-hybridized carbons (Fsp3) is 0.478. The van der Waals surface area contributed by atoms with Crippen LogP contribution in [0, 0.1) is 5.41 Å². The summed E-state index contributed by atoms with van der Waals surface area (Å²) in [5.41, 5.74) is 14.9. The number of aromatic nitrogens is 3. The third-order valence-electron chi connectivity index (χ3n) is 6.28. The van der Waals surface area contributed by atoms with Crippen LogP contribution in [0.25, 0.3) is 5.65 Å². The van der Waals surface area contributed by atoms with Gasteiger partial charge in [-0.3, -0.25) is 4.99 Å². The summed E-state index contributed by atoms with van der Waals surface area (Å²) in [5.74, 6) is 1.08. The predicted octanol–water partition coefficient (Wildman–Crippen LogP) is 2.92. The molecule has 8 nitrogen and oxygen atoms in total. The number of fused-ring (bicyclic) bond motifs is 1. The summed E-state index contributed by atoms with van der Waals surface area (Å²) in [6, 6.07) is 6.11. The van der Waals surface area contributed by atoms with Gasteiger partial charge in [0.25, 0.3) is 0 Å². The number of amidine groups is 1. The van der Waals surface area contributed by atoms with Gasteiger partial charge in [-0.25, -0.2) is 4.98 Å². The molecule has 1 aliphatic rings. The second-order valence-corrected chi connectivity index (χ2v) is 8.66. The van der Waals surface area contributed by atoms with E-state index in [1.807, 2.05) is 33.6 Å². The van der Waals surface area contributed by atoms with E-state index in [0.29, 0.717) is 24.8 Å². The molecule has 0 aliphatic carbocycles. The number of aliphatic hydroxyl groups excluding tert-OH is 1. The highest BCUT2D eigenvalue weighted by molar-refractivity contribution is 6.01. The van der Waals surface area contributed by atoms with E-state index in [1.54, 1.807) is 6.20 Å². The van der Waals surface area contributed by atoms with E-state index < -0.39 is 0 Å². The summed E-state index contributed by atoms with van der Waals surface area (Å²) in [6.07, 6.45) is 10.0. The van der Waals surface area contributed by atoms with E-state index in [2.05, 4.69) is 36.0 Å². The van der Waals surface area contributed by atoms with Gasteiger partial charge in [-0.2, -0.15) is 0 Å². The van der Waals surface area contributed by atoms with Crippen LogP contribution in [0.2, 0.25) is 0 Å². The molecule has 0 amide bonds. The first-order valence-corrected chi connectivity index (χ1v) is 10.9. The van der Waals surface area contributed by atoms with Crippen LogP contribution in [-0.2, 0) is 4.74 Å². The van der Waals surface area contributed by atoms with Gasteiger partial charge in [0.1, 0.15) is 17.3 Å². The molecule has 4 heterocycles. The lowest BCUT2D eigenvalue weighted by Gasteiger charge is -2.29. The molecule has 1 saturated heterocycles. The quantitative estimate of drug-likeness (QED) is 0.380. The zero-order valence-electron chi connectivity index (χ0n) is 18.2. The van der Waals surface area contributed by atoms with E-state index in [1.165, 1.54) is 0 Å². The van der Waals surface area contributed by atoms with E-state index >= 15 is 0 Å². The first-order valence-electron chi connectivity index (χ1n) is 10.9. The number of imidazole rings is 1. The van der Waals surface area contributed by atoms with Crippen molar-refractivity contribution < 1.29 is 9.84 Å². The molecule has 0 spiro atoms. The van der Waals surface area contributed by atoms with E-state index in [0.717, 1.165) is 36.0 Å². The molecular formula is C23H32N6O2. The van der Waals surface area contributed by atoms with Gasteiger partial charge in [-0.1, -0.05) is 6.92 Å². The summed E-state index contributed by atoms with van der Waals surface area (Å²) in [4.78, 5) is 8.74. The molecule has 8 heteroatoms. The van der Waals surface area contributed by atoms with Crippen LogP contribution in [0.15, 0.2) is 48.0 Å². The second kappa shape index (κ2) is 8.72. The standard InChI is InChI=1S/C23H32N6O2/c1-3-6-27-21(24)18-5-9-29(22(18)25)16(2)12-23(14-30)13-19(31-15-23)17-4-8-28-10-7-26-20(28)11-17/h4-5,7-11,16,19,30H,3,6,12-15,25H2,1-2H3,(H2,24,27)/t16-,19+,23-/m0/s1. The summed E-state index contributed by atoms with van der Waals surface area (Å²) < 4.78 is 10.1. The number of aliphatic hydroxyl groups is 1. The van der Waals surface area contributed by atoms with Gasteiger partial charge in [0.15, 0.2) is 0 Å². The van der Waals surface area contributed by atoms with Crippen molar-refractivity contribution in [3.05, 3.63) is 54.1 Å². The predicted molar refractivity (Wildman–Crippen MR) is 122 cm³/mol. The van der Waals surface area contributed by atoms with Gasteiger partial charge >= 0.3 is 0 Å². The number of nitrogen functional groups attached to an aromatic ring is 1. The molecule has 3 atom stereocenters. The first kappa shape index (κ1) is 21.4. The Morgan fingerprint density at radius 3 is 3.00 bits per heavy atom. The number of aliphatic imine (C=N–C) groups is 1. The lowest BCUT2D eigenvalue weighted by molar-refractivity contribution is 0.0609. The van der Waals surface area contributed by atoms with Crippen molar-refractivity contribution >= 4 is 17.3 Å². The third-order valence-corrected chi connectivity index (χ3v) is 6.28. The number of nitrogens with zero attached hydrogens (tertiary/aromatic N) is 4. The number of pyridine rings is 1. The Kier molecular flexibility index (Phi) is 6.02. The number of nitrogens with two attached hydrogens (primary N) is 2. The lowest BCUT2D eigenvalue weighted by atomic mass is 9.79. The van der Waals surface area contributed by atoms with Crippen molar-refractivity contribution in [3.8, 4) is 0 Å². The molecule has 0 unspecified atom stereocenters. The molecule has 1 fully saturated rings. The Morgan fingerprint density at radius 2 is 2.23 bits per heavy atom. The zero-order valence-corrected chi connectivity index (χ0v) is 18.2. The molecule has 3 aromatic heterocycles. The van der Waals surface area contributed by atoms with Crippen LogP contribution < -0.4 is 11.5 Å². The average molecular weight is 425 g/mol. The lowest BCUT2D eigenvalue weighted by Crippen LogP contribution is -2.29. The number of hydrogen-bond acceptors (Lipinski definition) is 5. The van der Waals surface area contributed by atoms with Crippen molar-refractivity contribution in [2.24, 2.45) is 16.1 Å². The average Bonchev–Trinajstić information content (AvgIpc) is 3.50. The normalized spacial score (nSPS) is 22.9. The van der Waals surface area contributed by atoms with Crippen LogP contribution >= 0.6 is 0 Å². The van der Waals surface area contributed by atoms with E-state index in [-0.39, 0.29) is 24.2 Å². The molecule has 166 valence electrons. The van der Waals surface area contributed by atoms with Gasteiger partial charge < -0.3 is 30.3 Å². The molecule has 0 bridgehead atoms. The molecule has 31 heavy (non-hydrogen) atoms. The second-order valence-electron chi connectivity index (χ2n) is 8.66. The van der Waals surface area contributed by atoms with Gasteiger partial charge in [0.2, 0.25) is 0 Å². The van der Waals surface area contributed by atoms with Crippen molar-refractivity contribution in [1.82, 2.24) is 14.0 Å². The molecule has 3 aromatic rings. The first-order chi connectivity index (χ1) is 15.0. The zero-order chi connectivity index (χ0) is 22.0. The van der Waals surface area contributed by atoms with Crippen LogP contribution in [0.4, 0.5) is 5.82 Å². The minimum absolute atomic E-state index is 0.0598. The Bertz CT molecular complexity index is 1070. The summed E-state index contributed by atoms with van der Waals surface area (Å²) >= 11 is 0. The highest BCUT2D eigenvalue weighted by atomic mass is 16.5. The van der Waals surface area contributed by atoms with Crippen molar-refractivity contribution in [1.29, 1.82) is 0 Å². The maximum Gasteiger partial charge on any atom is 0.136 e. The molecule has 0 saturated carbocycles. The summed E-state index contributed by atoms with van der Waals surface area (Å²) in [6.45, 7) is 5.43. The Balaban J connectivity index is 1.49. The number of anilines is 1. The number of hydrogen-bond donors (Lipinski definition) is 3. The topological polar surface area (TPSA) is 116 Å². The van der Waals surface area contributed by atoms with Crippen molar-refractivity contribution in [3.63, 3.8) is 0 Å². The Morgan fingerprint density at radius 1 is 1.39 bits per heavy atom. The van der Waals surface area contributed by atoms with Gasteiger partial charge in [-0.05, 0) is 49.9 Å². The minimum Gasteiger partial charge on any atom is -0.396 e. The fourth-order valence-corrected chi connectivity index (χ4v) is 4.55. The molecule has 1 aliphatic heterocycles. The largest absolute Gasteiger partial charge is 0.396 e. The Hall–Kier alpha value is -2.84. The Labute approximate surface area is 182 Å². The van der Waals surface area contributed by atoms with Gasteiger partial charge in [0, 0.05) is 42.8 Å². The van der Waals surface area contributed by atoms with Gasteiger partial charge in [-0.15, -0.1) is 0 Å². The van der Waals surface area contributed by atoms with E-state index in [9.17, 15) is 5.11 Å². The summed E-state index contributed by atoms with van der Waals surface area (Å²) in [5, 5.41) is 10.3. The molecule has 0 aromatic carbocycles. The summed E-state index contributed by atoms with van der Waals surface area (Å²) in [7, 11) is 0. The maximum absolute atomic E-state index is 10.3. The molecule has 5 N–H and O–H groups in total. The highest BCUT2D eigenvalue weighted by Gasteiger charge is 2.42. The SMILES string of the molecule is CCCN=C(N)c1ccn([C@@H](C)C[C@]2(CO)CO[C@@H](c3ccn4ccnc4c3)C2)c1N. The number of ether oxygens (including phenoxy) is 1. The minimum atomic E-state index is -0.329. The van der Waals surface area contributed by atoms with Crippen molar-refractivity contribution in [2.45, 2.75) is 45.3 Å². The third kappa shape index (κ3) is 4.18. The maximum atomic E-state index is 10.3.